The highest BCUT2D eigenvalue weighted by molar-refractivity contribution is 5.60. The zero-order chi connectivity index (χ0) is 16.7. The van der Waals surface area contributed by atoms with Gasteiger partial charge in [-0.3, -0.25) is 0 Å². The van der Waals surface area contributed by atoms with Crippen LogP contribution in [-0.4, -0.2) is 27.3 Å². The molecule has 0 radical (unpaired) electrons. The first-order valence-corrected chi connectivity index (χ1v) is 8.01. The highest BCUT2D eigenvalue weighted by atomic mass is 16.5. The number of nitrogens with zero attached hydrogens (tertiary/aromatic N) is 1. The highest BCUT2D eigenvalue weighted by Crippen LogP contribution is 2.29. The largest absolute Gasteiger partial charge is 0.497 e. The minimum absolute atomic E-state index is 0.738. The van der Waals surface area contributed by atoms with Gasteiger partial charge in [0.25, 0.3) is 0 Å². The quantitative estimate of drug-likeness (QED) is 0.793. The van der Waals surface area contributed by atoms with Crippen LogP contribution in [0.2, 0.25) is 0 Å². The Balaban J connectivity index is 2.06. The van der Waals surface area contributed by atoms with Gasteiger partial charge >= 0.3 is 0 Å². The maximum absolute atomic E-state index is 5.39. The van der Waals surface area contributed by atoms with Crippen molar-refractivity contribution in [1.29, 1.82) is 0 Å². The normalized spacial score (nSPS) is 10.3. The van der Waals surface area contributed by atoms with E-state index < -0.39 is 0 Å². The number of rotatable bonds is 8. The van der Waals surface area contributed by atoms with E-state index in [9.17, 15) is 0 Å². The first-order chi connectivity index (χ1) is 11.2. The standard InChI is InChI=1S/C19H26N2O2/c1-5-21(6-2)16-9-7-15(8-10-16)14-20-18-13-17(22-3)11-12-19(18)23-4/h7-13,20H,5-6,14H2,1-4H3. The van der Waals surface area contributed by atoms with Crippen molar-refractivity contribution < 1.29 is 9.47 Å². The summed E-state index contributed by atoms with van der Waals surface area (Å²) in [5.41, 5.74) is 3.42. The summed E-state index contributed by atoms with van der Waals surface area (Å²) in [6.07, 6.45) is 0. The van der Waals surface area contributed by atoms with Gasteiger partial charge in [0, 0.05) is 31.4 Å². The summed E-state index contributed by atoms with van der Waals surface area (Å²) in [5.74, 6) is 1.62. The first kappa shape index (κ1) is 17.0. The molecular formula is C19H26N2O2. The third-order valence-corrected chi connectivity index (χ3v) is 3.95. The van der Waals surface area contributed by atoms with Gasteiger partial charge in [0.2, 0.25) is 0 Å². The van der Waals surface area contributed by atoms with Gasteiger partial charge in [0.05, 0.1) is 19.9 Å². The van der Waals surface area contributed by atoms with E-state index in [0.29, 0.717) is 0 Å². The molecule has 1 N–H and O–H groups in total. The van der Waals surface area contributed by atoms with Gasteiger partial charge in [-0.15, -0.1) is 0 Å². The van der Waals surface area contributed by atoms with Crippen LogP contribution in [0.4, 0.5) is 11.4 Å². The second kappa shape index (κ2) is 8.32. The van der Waals surface area contributed by atoms with Crippen LogP contribution >= 0.6 is 0 Å². The zero-order valence-electron chi connectivity index (χ0n) is 14.4. The van der Waals surface area contributed by atoms with Gasteiger partial charge in [0.1, 0.15) is 11.5 Å². The van der Waals surface area contributed by atoms with Gasteiger partial charge < -0.3 is 19.7 Å². The molecule has 0 unspecified atom stereocenters. The predicted molar refractivity (Wildman–Crippen MR) is 96.9 cm³/mol. The Morgan fingerprint density at radius 1 is 0.913 bits per heavy atom. The minimum atomic E-state index is 0.738. The number of nitrogens with one attached hydrogen (secondary N) is 1. The molecule has 4 nitrogen and oxygen atoms in total. The fourth-order valence-electron chi connectivity index (χ4n) is 2.56. The molecular weight excluding hydrogens is 288 g/mol. The number of ether oxygens (including phenoxy) is 2. The summed E-state index contributed by atoms with van der Waals surface area (Å²) in [6, 6.07) is 14.4. The number of hydrogen-bond donors (Lipinski definition) is 1. The Hall–Kier alpha value is -2.36. The average molecular weight is 314 g/mol. The van der Waals surface area contributed by atoms with Crippen LogP contribution in [0.1, 0.15) is 19.4 Å². The third kappa shape index (κ3) is 4.31. The Kier molecular flexibility index (Phi) is 6.15. The SMILES string of the molecule is CCN(CC)c1ccc(CNc2cc(OC)ccc2OC)cc1. The lowest BCUT2D eigenvalue weighted by Crippen LogP contribution is -2.21. The van der Waals surface area contributed by atoms with Crippen LogP contribution in [0, 0.1) is 0 Å². The zero-order valence-corrected chi connectivity index (χ0v) is 14.4. The third-order valence-electron chi connectivity index (χ3n) is 3.95. The van der Waals surface area contributed by atoms with Gasteiger partial charge in [-0.25, -0.2) is 0 Å². The lowest BCUT2D eigenvalue weighted by Gasteiger charge is -2.21. The maximum atomic E-state index is 5.39. The van der Waals surface area contributed by atoms with Gasteiger partial charge in [-0.05, 0) is 43.7 Å². The van der Waals surface area contributed by atoms with E-state index in [2.05, 4.69) is 48.3 Å². The van der Waals surface area contributed by atoms with Crippen molar-refractivity contribution >= 4 is 11.4 Å². The van der Waals surface area contributed by atoms with Crippen molar-refractivity contribution in [1.82, 2.24) is 0 Å². The molecule has 0 saturated carbocycles. The van der Waals surface area contributed by atoms with Crippen LogP contribution in [-0.2, 0) is 6.54 Å². The van der Waals surface area contributed by atoms with E-state index in [1.54, 1.807) is 14.2 Å². The molecule has 0 heterocycles. The molecule has 23 heavy (non-hydrogen) atoms. The lowest BCUT2D eigenvalue weighted by molar-refractivity contribution is 0.404. The van der Waals surface area contributed by atoms with Crippen molar-refractivity contribution in [3.63, 3.8) is 0 Å². The molecule has 0 aromatic heterocycles. The fourth-order valence-corrected chi connectivity index (χ4v) is 2.56. The van der Waals surface area contributed by atoms with Crippen molar-refractivity contribution in [2.75, 3.05) is 37.5 Å². The number of benzene rings is 2. The molecule has 2 aromatic carbocycles. The molecule has 0 amide bonds. The molecule has 0 bridgehead atoms. The molecule has 2 aromatic rings. The van der Waals surface area contributed by atoms with Crippen molar-refractivity contribution in [2.45, 2.75) is 20.4 Å². The van der Waals surface area contributed by atoms with Crippen LogP contribution in [0.15, 0.2) is 42.5 Å². The molecule has 0 aliphatic carbocycles. The predicted octanol–water partition coefficient (Wildman–Crippen LogP) is 4.16. The van der Waals surface area contributed by atoms with E-state index in [1.807, 2.05) is 18.2 Å². The van der Waals surface area contributed by atoms with Gasteiger partial charge in [0.15, 0.2) is 0 Å². The average Bonchev–Trinajstić information content (AvgIpc) is 2.61. The maximum Gasteiger partial charge on any atom is 0.142 e. The smallest absolute Gasteiger partial charge is 0.142 e. The Morgan fingerprint density at radius 3 is 2.17 bits per heavy atom. The summed E-state index contributed by atoms with van der Waals surface area (Å²) in [7, 11) is 3.34. The lowest BCUT2D eigenvalue weighted by atomic mass is 10.2. The Morgan fingerprint density at radius 2 is 1.61 bits per heavy atom. The van der Waals surface area contributed by atoms with Crippen molar-refractivity contribution in [2.24, 2.45) is 0 Å². The first-order valence-electron chi connectivity index (χ1n) is 8.01. The second-order valence-electron chi connectivity index (χ2n) is 5.26. The molecule has 0 aliphatic heterocycles. The number of methoxy groups -OCH3 is 2. The summed E-state index contributed by atoms with van der Waals surface area (Å²) in [6.45, 7) is 7.13. The molecule has 0 fully saturated rings. The summed E-state index contributed by atoms with van der Waals surface area (Å²) in [5, 5.41) is 3.41. The molecule has 0 saturated heterocycles. The van der Waals surface area contributed by atoms with Crippen LogP contribution in [0.25, 0.3) is 0 Å². The molecule has 0 atom stereocenters. The van der Waals surface area contributed by atoms with E-state index in [4.69, 9.17) is 9.47 Å². The van der Waals surface area contributed by atoms with Crippen LogP contribution in [0.5, 0.6) is 11.5 Å². The van der Waals surface area contributed by atoms with Crippen molar-refractivity contribution in [3.05, 3.63) is 48.0 Å². The number of anilines is 2. The van der Waals surface area contributed by atoms with E-state index in [-0.39, 0.29) is 0 Å². The number of hydrogen-bond acceptors (Lipinski definition) is 4. The van der Waals surface area contributed by atoms with E-state index in [1.165, 1.54) is 11.3 Å². The second-order valence-corrected chi connectivity index (χ2v) is 5.26. The van der Waals surface area contributed by atoms with E-state index >= 15 is 0 Å². The Labute approximate surface area is 139 Å². The monoisotopic (exact) mass is 314 g/mol. The molecule has 2 rings (SSSR count). The van der Waals surface area contributed by atoms with Gasteiger partial charge in [-0.1, -0.05) is 12.1 Å². The summed E-state index contributed by atoms with van der Waals surface area (Å²) >= 11 is 0. The topological polar surface area (TPSA) is 33.7 Å². The molecule has 0 aliphatic rings. The summed E-state index contributed by atoms with van der Waals surface area (Å²) < 4.78 is 10.7. The summed E-state index contributed by atoms with van der Waals surface area (Å²) in [4.78, 5) is 2.34. The Bertz CT molecular complexity index is 607. The van der Waals surface area contributed by atoms with E-state index in [0.717, 1.165) is 36.8 Å². The van der Waals surface area contributed by atoms with Crippen LogP contribution < -0.4 is 19.7 Å². The fraction of sp³-hybridized carbons (Fsp3) is 0.368. The minimum Gasteiger partial charge on any atom is -0.497 e. The van der Waals surface area contributed by atoms with Crippen LogP contribution in [0.3, 0.4) is 0 Å². The molecule has 0 spiro atoms. The molecule has 4 heteroatoms. The van der Waals surface area contributed by atoms with Gasteiger partial charge in [-0.2, -0.15) is 0 Å². The van der Waals surface area contributed by atoms with Crippen molar-refractivity contribution in [3.8, 4) is 11.5 Å². The highest BCUT2D eigenvalue weighted by Gasteiger charge is 2.05. The molecule has 124 valence electrons.